The molecule has 0 fully saturated rings. The van der Waals surface area contributed by atoms with Crippen molar-refractivity contribution in [1.82, 2.24) is 9.97 Å². The van der Waals surface area contributed by atoms with Gasteiger partial charge in [-0.15, -0.1) is 0 Å². The number of rotatable bonds is 3. The Balaban J connectivity index is 2.18. The van der Waals surface area contributed by atoms with Crippen molar-refractivity contribution in [2.75, 3.05) is 0 Å². The second-order valence-electron chi connectivity index (χ2n) is 7.08. The van der Waals surface area contributed by atoms with Crippen LogP contribution in [-0.4, -0.2) is 9.97 Å². The van der Waals surface area contributed by atoms with Crippen molar-refractivity contribution >= 4 is 0 Å². The van der Waals surface area contributed by atoms with E-state index in [9.17, 15) is 0 Å². The fourth-order valence-corrected chi connectivity index (χ4v) is 2.33. The third-order valence-electron chi connectivity index (χ3n) is 3.78. The van der Waals surface area contributed by atoms with Crippen molar-refractivity contribution in [2.45, 2.75) is 51.9 Å². The van der Waals surface area contributed by atoms with Gasteiger partial charge in [0.25, 0.3) is 0 Å². The van der Waals surface area contributed by atoms with Crippen LogP contribution >= 0.6 is 0 Å². The Bertz CT molecular complexity index is 548. The summed E-state index contributed by atoms with van der Waals surface area (Å²) >= 11 is 0. The van der Waals surface area contributed by atoms with Crippen molar-refractivity contribution in [3.63, 3.8) is 0 Å². The molecule has 2 aromatic heterocycles. The summed E-state index contributed by atoms with van der Waals surface area (Å²) in [5, 5.41) is 0. The highest BCUT2D eigenvalue weighted by molar-refractivity contribution is 5.26. The molecule has 2 heteroatoms. The van der Waals surface area contributed by atoms with Crippen molar-refractivity contribution in [3.8, 4) is 0 Å². The molecule has 0 amide bonds. The van der Waals surface area contributed by atoms with E-state index in [1.54, 1.807) is 0 Å². The first kappa shape index (κ1) is 14.7. The molecule has 0 aliphatic carbocycles. The SMILES string of the molecule is CC(C)(C)c1ccc(CC(C)(C)c2ccncc2)nc1. The summed E-state index contributed by atoms with van der Waals surface area (Å²) in [4.78, 5) is 8.73. The highest BCUT2D eigenvalue weighted by atomic mass is 14.7. The van der Waals surface area contributed by atoms with Gasteiger partial charge >= 0.3 is 0 Å². The molecule has 0 saturated carbocycles. The van der Waals surface area contributed by atoms with Crippen LogP contribution in [0.4, 0.5) is 0 Å². The minimum atomic E-state index is 0.0686. The molecule has 2 heterocycles. The van der Waals surface area contributed by atoms with Gasteiger partial charge in [0.15, 0.2) is 0 Å². The lowest BCUT2D eigenvalue weighted by molar-refractivity contribution is 0.513. The molecule has 2 rings (SSSR count). The van der Waals surface area contributed by atoms with Gasteiger partial charge in [-0.3, -0.25) is 9.97 Å². The fraction of sp³-hybridized carbons (Fsp3) is 0.444. The van der Waals surface area contributed by atoms with E-state index in [-0.39, 0.29) is 10.8 Å². The molecule has 0 aliphatic rings. The number of aromatic nitrogens is 2. The zero-order valence-electron chi connectivity index (χ0n) is 13.1. The van der Waals surface area contributed by atoms with E-state index in [0.717, 1.165) is 12.1 Å². The maximum Gasteiger partial charge on any atom is 0.0412 e. The number of hydrogen-bond acceptors (Lipinski definition) is 2. The zero-order valence-corrected chi connectivity index (χ0v) is 13.1. The average molecular weight is 268 g/mol. The van der Waals surface area contributed by atoms with Crippen LogP contribution in [0.15, 0.2) is 42.9 Å². The first-order valence-corrected chi connectivity index (χ1v) is 7.15. The zero-order chi connectivity index (χ0) is 14.8. The van der Waals surface area contributed by atoms with E-state index >= 15 is 0 Å². The van der Waals surface area contributed by atoms with Crippen molar-refractivity contribution < 1.29 is 0 Å². The summed E-state index contributed by atoms with van der Waals surface area (Å²) in [5.41, 5.74) is 3.95. The highest BCUT2D eigenvalue weighted by Crippen LogP contribution is 2.27. The summed E-state index contributed by atoms with van der Waals surface area (Å²) in [6.45, 7) is 11.1. The molecule has 0 aromatic carbocycles. The molecule has 0 unspecified atom stereocenters. The Morgan fingerprint density at radius 1 is 0.850 bits per heavy atom. The van der Waals surface area contributed by atoms with Gasteiger partial charge in [0.2, 0.25) is 0 Å². The van der Waals surface area contributed by atoms with E-state index in [1.165, 1.54) is 11.1 Å². The molecular formula is C18H24N2. The van der Waals surface area contributed by atoms with Crippen LogP contribution in [0.2, 0.25) is 0 Å². The molecule has 0 spiro atoms. The Kier molecular flexibility index (Phi) is 3.94. The number of nitrogens with zero attached hydrogens (tertiary/aromatic N) is 2. The minimum absolute atomic E-state index is 0.0686. The highest BCUT2D eigenvalue weighted by Gasteiger charge is 2.22. The van der Waals surface area contributed by atoms with E-state index < -0.39 is 0 Å². The average Bonchev–Trinajstić information content (AvgIpc) is 2.39. The minimum Gasteiger partial charge on any atom is -0.265 e. The number of hydrogen-bond donors (Lipinski definition) is 0. The summed E-state index contributed by atoms with van der Waals surface area (Å²) < 4.78 is 0. The predicted octanol–water partition coefficient (Wildman–Crippen LogP) is 4.29. The molecule has 0 saturated heterocycles. The molecule has 0 aliphatic heterocycles. The van der Waals surface area contributed by atoms with Crippen LogP contribution in [0.25, 0.3) is 0 Å². The Hall–Kier alpha value is -1.70. The third kappa shape index (κ3) is 3.44. The van der Waals surface area contributed by atoms with Crippen molar-refractivity contribution in [3.05, 3.63) is 59.7 Å². The van der Waals surface area contributed by atoms with Gasteiger partial charge in [-0.2, -0.15) is 0 Å². The van der Waals surface area contributed by atoms with E-state index in [4.69, 9.17) is 0 Å². The van der Waals surface area contributed by atoms with Gasteiger partial charge < -0.3 is 0 Å². The second-order valence-corrected chi connectivity index (χ2v) is 7.08. The van der Waals surface area contributed by atoms with E-state index in [0.29, 0.717) is 0 Å². The summed E-state index contributed by atoms with van der Waals surface area (Å²) in [5.74, 6) is 0. The molecule has 0 bridgehead atoms. The van der Waals surface area contributed by atoms with Gasteiger partial charge in [-0.05, 0) is 46.6 Å². The summed E-state index contributed by atoms with van der Waals surface area (Å²) in [6.07, 6.45) is 6.65. The molecule has 0 N–H and O–H groups in total. The molecule has 20 heavy (non-hydrogen) atoms. The normalized spacial score (nSPS) is 12.4. The van der Waals surface area contributed by atoms with Crippen LogP contribution in [0.3, 0.4) is 0 Å². The van der Waals surface area contributed by atoms with Gasteiger partial charge in [-0.25, -0.2) is 0 Å². The first-order chi connectivity index (χ1) is 9.29. The Morgan fingerprint density at radius 3 is 2.00 bits per heavy atom. The van der Waals surface area contributed by atoms with Crippen LogP contribution in [-0.2, 0) is 17.3 Å². The van der Waals surface area contributed by atoms with Gasteiger partial charge in [0, 0.05) is 24.3 Å². The molecule has 0 atom stereocenters. The maximum absolute atomic E-state index is 4.64. The Labute approximate surface area is 122 Å². The van der Waals surface area contributed by atoms with E-state index in [2.05, 4.69) is 68.9 Å². The quantitative estimate of drug-likeness (QED) is 0.829. The second kappa shape index (κ2) is 5.35. The van der Waals surface area contributed by atoms with Gasteiger partial charge in [0.1, 0.15) is 0 Å². The molecule has 106 valence electrons. The van der Waals surface area contributed by atoms with Gasteiger partial charge in [-0.1, -0.05) is 40.7 Å². The van der Waals surface area contributed by atoms with E-state index in [1.807, 2.05) is 18.6 Å². The fourth-order valence-electron chi connectivity index (χ4n) is 2.33. The summed E-state index contributed by atoms with van der Waals surface area (Å²) in [6, 6.07) is 8.53. The lowest BCUT2D eigenvalue weighted by Gasteiger charge is -2.25. The van der Waals surface area contributed by atoms with Crippen LogP contribution in [0, 0.1) is 0 Å². The van der Waals surface area contributed by atoms with Crippen molar-refractivity contribution in [2.24, 2.45) is 0 Å². The van der Waals surface area contributed by atoms with Crippen molar-refractivity contribution in [1.29, 1.82) is 0 Å². The smallest absolute Gasteiger partial charge is 0.0412 e. The topological polar surface area (TPSA) is 25.8 Å². The first-order valence-electron chi connectivity index (χ1n) is 7.15. The maximum atomic E-state index is 4.64. The monoisotopic (exact) mass is 268 g/mol. The molecule has 2 nitrogen and oxygen atoms in total. The van der Waals surface area contributed by atoms with Crippen LogP contribution in [0.5, 0.6) is 0 Å². The molecule has 0 radical (unpaired) electrons. The van der Waals surface area contributed by atoms with Crippen LogP contribution < -0.4 is 0 Å². The lowest BCUT2D eigenvalue weighted by Crippen LogP contribution is -2.21. The van der Waals surface area contributed by atoms with Crippen LogP contribution in [0.1, 0.15) is 51.4 Å². The Morgan fingerprint density at radius 2 is 1.50 bits per heavy atom. The number of pyridine rings is 2. The predicted molar refractivity (Wildman–Crippen MR) is 83.9 cm³/mol. The van der Waals surface area contributed by atoms with Gasteiger partial charge in [0.05, 0.1) is 0 Å². The molecular weight excluding hydrogens is 244 g/mol. The standard InChI is InChI=1S/C18H24N2/c1-17(2,3)15-6-7-16(20-13-15)12-18(4,5)14-8-10-19-11-9-14/h6-11,13H,12H2,1-5H3. The lowest BCUT2D eigenvalue weighted by atomic mass is 9.80. The molecule has 2 aromatic rings. The summed E-state index contributed by atoms with van der Waals surface area (Å²) in [7, 11) is 0. The largest absolute Gasteiger partial charge is 0.265 e. The third-order valence-corrected chi connectivity index (χ3v) is 3.78.